The fourth-order valence-corrected chi connectivity index (χ4v) is 1.40. The molecule has 0 aliphatic carbocycles. The summed E-state index contributed by atoms with van der Waals surface area (Å²) in [5, 5.41) is 3.23. The summed E-state index contributed by atoms with van der Waals surface area (Å²) in [5.41, 5.74) is 0.571. The van der Waals surface area contributed by atoms with Gasteiger partial charge in [-0.15, -0.1) is 0 Å². The maximum Gasteiger partial charge on any atom is 0.338 e. The quantitative estimate of drug-likeness (QED) is 0.537. The van der Waals surface area contributed by atoms with Crippen molar-refractivity contribution in [1.29, 1.82) is 0 Å². The predicted octanol–water partition coefficient (Wildman–Crippen LogP) is 1.86. The van der Waals surface area contributed by atoms with E-state index in [1.807, 2.05) is 18.2 Å². The van der Waals surface area contributed by atoms with Gasteiger partial charge in [-0.1, -0.05) is 25.1 Å². The van der Waals surface area contributed by atoms with Crippen molar-refractivity contribution < 1.29 is 14.3 Å². The van der Waals surface area contributed by atoms with E-state index in [0.29, 0.717) is 25.4 Å². The van der Waals surface area contributed by atoms with Crippen molar-refractivity contribution in [3.8, 4) is 0 Å². The largest absolute Gasteiger partial charge is 0.460 e. The summed E-state index contributed by atoms with van der Waals surface area (Å²) in [6, 6.07) is 8.96. The van der Waals surface area contributed by atoms with Crippen molar-refractivity contribution in [1.82, 2.24) is 5.32 Å². The lowest BCUT2D eigenvalue weighted by atomic mass is 10.2. The van der Waals surface area contributed by atoms with E-state index in [9.17, 15) is 4.79 Å². The van der Waals surface area contributed by atoms with Gasteiger partial charge in [-0.05, 0) is 25.1 Å². The highest BCUT2D eigenvalue weighted by atomic mass is 16.6. The number of nitrogens with one attached hydrogen (secondary N) is 1. The lowest BCUT2D eigenvalue weighted by Gasteiger charge is -2.06. The van der Waals surface area contributed by atoms with Crippen LogP contribution in [0.1, 0.15) is 23.7 Å². The van der Waals surface area contributed by atoms with Crippen LogP contribution in [0, 0.1) is 0 Å². The molecule has 0 amide bonds. The second kappa shape index (κ2) is 9.62. The first-order valence-electron chi connectivity index (χ1n) is 6.35. The fourth-order valence-electron chi connectivity index (χ4n) is 1.40. The maximum absolute atomic E-state index is 11.5. The van der Waals surface area contributed by atoms with Crippen LogP contribution < -0.4 is 5.32 Å². The Hall–Kier alpha value is -1.39. The highest BCUT2D eigenvalue weighted by molar-refractivity contribution is 5.89. The minimum Gasteiger partial charge on any atom is -0.460 e. The van der Waals surface area contributed by atoms with Gasteiger partial charge in [0.2, 0.25) is 0 Å². The average molecular weight is 251 g/mol. The second-order valence-electron chi connectivity index (χ2n) is 3.86. The van der Waals surface area contributed by atoms with Crippen LogP contribution in [0.25, 0.3) is 0 Å². The standard InChI is InChI=1S/C14H21NO3/c1-2-8-15-9-10-17-11-12-18-14(16)13-6-4-3-5-7-13/h3-7,15H,2,8-12H2,1H3. The van der Waals surface area contributed by atoms with Crippen LogP contribution in [0.3, 0.4) is 0 Å². The molecular formula is C14H21NO3. The van der Waals surface area contributed by atoms with Gasteiger partial charge in [-0.25, -0.2) is 4.79 Å². The third-order valence-corrected chi connectivity index (χ3v) is 2.32. The molecule has 4 nitrogen and oxygen atoms in total. The minimum atomic E-state index is -0.302. The second-order valence-corrected chi connectivity index (χ2v) is 3.86. The number of rotatable bonds is 9. The summed E-state index contributed by atoms with van der Waals surface area (Å²) in [5.74, 6) is -0.302. The molecule has 0 heterocycles. The predicted molar refractivity (Wildman–Crippen MR) is 70.7 cm³/mol. The Morgan fingerprint density at radius 1 is 1.11 bits per heavy atom. The van der Waals surface area contributed by atoms with Crippen LogP contribution >= 0.6 is 0 Å². The van der Waals surface area contributed by atoms with Crippen LogP contribution in [-0.2, 0) is 9.47 Å². The van der Waals surface area contributed by atoms with Gasteiger partial charge in [-0.3, -0.25) is 0 Å². The third-order valence-electron chi connectivity index (χ3n) is 2.32. The summed E-state index contributed by atoms with van der Waals surface area (Å²) in [4.78, 5) is 11.5. The molecular weight excluding hydrogens is 230 g/mol. The molecule has 0 aliphatic rings. The normalized spacial score (nSPS) is 10.3. The first-order chi connectivity index (χ1) is 8.84. The molecule has 0 unspecified atom stereocenters. The first kappa shape index (κ1) is 14.7. The van der Waals surface area contributed by atoms with Crippen LogP contribution in [0.4, 0.5) is 0 Å². The van der Waals surface area contributed by atoms with E-state index in [4.69, 9.17) is 9.47 Å². The molecule has 1 rings (SSSR count). The topological polar surface area (TPSA) is 47.6 Å². The van der Waals surface area contributed by atoms with Gasteiger partial charge in [0, 0.05) is 6.54 Å². The molecule has 0 radical (unpaired) electrons. The van der Waals surface area contributed by atoms with Crippen LogP contribution in [-0.4, -0.2) is 38.9 Å². The summed E-state index contributed by atoms with van der Waals surface area (Å²) in [6.07, 6.45) is 1.12. The third kappa shape index (κ3) is 6.37. The molecule has 1 aromatic carbocycles. The summed E-state index contributed by atoms with van der Waals surface area (Å²) in [6.45, 7) is 5.33. The Labute approximate surface area is 108 Å². The van der Waals surface area contributed by atoms with E-state index in [0.717, 1.165) is 19.5 Å². The van der Waals surface area contributed by atoms with E-state index < -0.39 is 0 Å². The summed E-state index contributed by atoms with van der Waals surface area (Å²) in [7, 11) is 0. The molecule has 1 aromatic rings. The number of hydrogen-bond acceptors (Lipinski definition) is 4. The van der Waals surface area contributed by atoms with Crippen molar-refractivity contribution in [3.05, 3.63) is 35.9 Å². The van der Waals surface area contributed by atoms with Gasteiger partial charge < -0.3 is 14.8 Å². The van der Waals surface area contributed by atoms with Crippen molar-refractivity contribution in [2.24, 2.45) is 0 Å². The highest BCUT2D eigenvalue weighted by Crippen LogP contribution is 2.00. The lowest BCUT2D eigenvalue weighted by molar-refractivity contribution is 0.0322. The Morgan fingerprint density at radius 3 is 2.61 bits per heavy atom. The molecule has 0 saturated heterocycles. The zero-order valence-electron chi connectivity index (χ0n) is 10.9. The van der Waals surface area contributed by atoms with Crippen LogP contribution in [0.2, 0.25) is 0 Å². The van der Waals surface area contributed by atoms with Gasteiger partial charge in [0.15, 0.2) is 0 Å². The SMILES string of the molecule is CCCNCCOCCOC(=O)c1ccccc1. The lowest BCUT2D eigenvalue weighted by Crippen LogP contribution is -2.21. The van der Waals surface area contributed by atoms with E-state index in [-0.39, 0.29) is 5.97 Å². The summed E-state index contributed by atoms with van der Waals surface area (Å²) < 4.78 is 10.4. The molecule has 18 heavy (non-hydrogen) atoms. The number of carbonyl (C=O) groups is 1. The molecule has 0 fully saturated rings. The molecule has 0 spiro atoms. The summed E-state index contributed by atoms with van der Waals surface area (Å²) >= 11 is 0. The molecule has 4 heteroatoms. The molecule has 0 bridgehead atoms. The molecule has 0 saturated carbocycles. The molecule has 0 aromatic heterocycles. The monoisotopic (exact) mass is 251 g/mol. The van der Waals surface area contributed by atoms with Crippen LogP contribution in [0.5, 0.6) is 0 Å². The molecule has 100 valence electrons. The van der Waals surface area contributed by atoms with Crippen molar-refractivity contribution >= 4 is 5.97 Å². The van der Waals surface area contributed by atoms with E-state index in [1.165, 1.54) is 0 Å². The Balaban J connectivity index is 2.00. The number of carbonyl (C=O) groups excluding carboxylic acids is 1. The number of esters is 1. The van der Waals surface area contributed by atoms with Gasteiger partial charge in [0.1, 0.15) is 6.61 Å². The van der Waals surface area contributed by atoms with Crippen molar-refractivity contribution in [2.45, 2.75) is 13.3 Å². The van der Waals surface area contributed by atoms with E-state index in [2.05, 4.69) is 12.2 Å². The molecule has 0 aliphatic heterocycles. The average Bonchev–Trinajstić information content (AvgIpc) is 2.42. The number of hydrogen-bond donors (Lipinski definition) is 1. The zero-order valence-corrected chi connectivity index (χ0v) is 10.9. The Morgan fingerprint density at radius 2 is 1.89 bits per heavy atom. The van der Waals surface area contributed by atoms with Crippen molar-refractivity contribution in [2.75, 3.05) is 32.9 Å². The van der Waals surface area contributed by atoms with Crippen LogP contribution in [0.15, 0.2) is 30.3 Å². The number of benzene rings is 1. The molecule has 1 N–H and O–H groups in total. The van der Waals surface area contributed by atoms with Gasteiger partial charge >= 0.3 is 5.97 Å². The van der Waals surface area contributed by atoms with E-state index >= 15 is 0 Å². The number of ether oxygens (including phenoxy) is 2. The maximum atomic E-state index is 11.5. The first-order valence-corrected chi connectivity index (χ1v) is 6.35. The molecule has 0 atom stereocenters. The van der Waals surface area contributed by atoms with Gasteiger partial charge in [-0.2, -0.15) is 0 Å². The minimum absolute atomic E-state index is 0.293. The Bertz CT molecular complexity index is 327. The van der Waals surface area contributed by atoms with Crippen molar-refractivity contribution in [3.63, 3.8) is 0 Å². The Kier molecular flexibility index (Phi) is 7.84. The zero-order chi connectivity index (χ0) is 13.1. The van der Waals surface area contributed by atoms with Gasteiger partial charge in [0.05, 0.1) is 18.8 Å². The highest BCUT2D eigenvalue weighted by Gasteiger charge is 2.04. The van der Waals surface area contributed by atoms with Gasteiger partial charge in [0.25, 0.3) is 0 Å². The van der Waals surface area contributed by atoms with E-state index in [1.54, 1.807) is 12.1 Å². The fraction of sp³-hybridized carbons (Fsp3) is 0.500. The smallest absolute Gasteiger partial charge is 0.338 e.